The van der Waals surface area contributed by atoms with Gasteiger partial charge < -0.3 is 4.74 Å². The average molecular weight is 210 g/mol. The Bertz CT molecular complexity index is 358. The van der Waals surface area contributed by atoms with E-state index in [0.717, 1.165) is 0 Å². The molecule has 15 heavy (non-hydrogen) atoms. The van der Waals surface area contributed by atoms with Crippen LogP contribution < -0.4 is 0 Å². The molecule has 0 aliphatic carbocycles. The standard InChI is InChI=1S/C12H15FO2/c1-12(2,15-3)11(14)8-9-6-4-5-7-10(9)13/h4-7H,8H2,1-3H3. The van der Waals surface area contributed by atoms with Crippen LogP contribution >= 0.6 is 0 Å². The van der Waals surface area contributed by atoms with Crippen molar-refractivity contribution in [1.82, 2.24) is 0 Å². The monoisotopic (exact) mass is 210 g/mol. The summed E-state index contributed by atoms with van der Waals surface area (Å²) in [5.74, 6) is -0.479. The van der Waals surface area contributed by atoms with Crippen LogP contribution in [0, 0.1) is 5.82 Å². The number of carbonyl (C=O) groups excluding carboxylic acids is 1. The largest absolute Gasteiger partial charge is 0.371 e. The lowest BCUT2D eigenvalue weighted by molar-refractivity contribution is -0.136. The van der Waals surface area contributed by atoms with Crippen LogP contribution in [0.3, 0.4) is 0 Å². The Hall–Kier alpha value is -1.22. The predicted molar refractivity (Wildman–Crippen MR) is 56.2 cm³/mol. The third-order valence-electron chi connectivity index (χ3n) is 2.49. The van der Waals surface area contributed by atoms with Crippen molar-refractivity contribution in [3.63, 3.8) is 0 Å². The van der Waals surface area contributed by atoms with E-state index in [4.69, 9.17) is 4.74 Å². The van der Waals surface area contributed by atoms with Gasteiger partial charge in [0.05, 0.1) is 0 Å². The SMILES string of the molecule is COC(C)(C)C(=O)Cc1ccccc1F. The third-order valence-corrected chi connectivity index (χ3v) is 2.49. The summed E-state index contributed by atoms with van der Waals surface area (Å²) in [4.78, 5) is 11.7. The van der Waals surface area contributed by atoms with E-state index in [0.29, 0.717) is 5.56 Å². The number of hydrogen-bond donors (Lipinski definition) is 0. The first kappa shape index (κ1) is 11.9. The zero-order valence-electron chi connectivity index (χ0n) is 9.21. The van der Waals surface area contributed by atoms with Crippen LogP contribution in [0.4, 0.5) is 4.39 Å². The maximum atomic E-state index is 13.2. The molecule has 0 fully saturated rings. The topological polar surface area (TPSA) is 26.3 Å². The zero-order valence-corrected chi connectivity index (χ0v) is 9.21. The molecule has 0 heterocycles. The van der Waals surface area contributed by atoms with E-state index in [9.17, 15) is 9.18 Å². The molecule has 0 aromatic heterocycles. The van der Waals surface area contributed by atoms with Gasteiger partial charge in [-0.15, -0.1) is 0 Å². The van der Waals surface area contributed by atoms with Gasteiger partial charge in [-0.25, -0.2) is 4.39 Å². The molecule has 0 unspecified atom stereocenters. The zero-order chi connectivity index (χ0) is 11.5. The molecular formula is C12H15FO2. The predicted octanol–water partition coefficient (Wildman–Crippen LogP) is 2.36. The highest BCUT2D eigenvalue weighted by atomic mass is 19.1. The minimum atomic E-state index is -0.859. The Morgan fingerprint density at radius 1 is 1.40 bits per heavy atom. The Kier molecular flexibility index (Phi) is 3.58. The summed E-state index contributed by atoms with van der Waals surface area (Å²) >= 11 is 0. The molecule has 1 rings (SSSR count). The average Bonchev–Trinajstić information content (AvgIpc) is 2.21. The van der Waals surface area contributed by atoms with E-state index in [2.05, 4.69) is 0 Å². The molecule has 0 saturated heterocycles. The van der Waals surface area contributed by atoms with Crippen molar-refractivity contribution in [1.29, 1.82) is 0 Å². The Balaban J connectivity index is 2.80. The number of halogens is 1. The van der Waals surface area contributed by atoms with E-state index in [1.54, 1.807) is 32.0 Å². The fourth-order valence-corrected chi connectivity index (χ4v) is 1.14. The van der Waals surface area contributed by atoms with E-state index < -0.39 is 5.60 Å². The van der Waals surface area contributed by atoms with Gasteiger partial charge in [0.2, 0.25) is 0 Å². The molecule has 0 N–H and O–H groups in total. The van der Waals surface area contributed by atoms with Gasteiger partial charge in [0.15, 0.2) is 5.78 Å². The van der Waals surface area contributed by atoms with Gasteiger partial charge in [-0.1, -0.05) is 18.2 Å². The van der Waals surface area contributed by atoms with Crippen molar-refractivity contribution < 1.29 is 13.9 Å². The van der Waals surface area contributed by atoms with Crippen molar-refractivity contribution in [3.05, 3.63) is 35.6 Å². The molecule has 1 aromatic carbocycles. The van der Waals surface area contributed by atoms with Gasteiger partial charge in [-0.3, -0.25) is 4.79 Å². The van der Waals surface area contributed by atoms with Crippen LogP contribution in [0.2, 0.25) is 0 Å². The number of ketones is 1. The molecule has 0 aliphatic rings. The first-order valence-electron chi connectivity index (χ1n) is 4.79. The van der Waals surface area contributed by atoms with E-state index in [1.807, 2.05) is 0 Å². The van der Waals surface area contributed by atoms with Gasteiger partial charge in [-0.2, -0.15) is 0 Å². The molecule has 1 aromatic rings. The molecule has 2 nitrogen and oxygen atoms in total. The number of methoxy groups -OCH3 is 1. The second kappa shape index (κ2) is 4.53. The Morgan fingerprint density at radius 3 is 2.53 bits per heavy atom. The summed E-state index contributed by atoms with van der Waals surface area (Å²) in [6.45, 7) is 3.35. The highest BCUT2D eigenvalue weighted by molar-refractivity contribution is 5.88. The first-order chi connectivity index (χ1) is 6.97. The summed E-state index contributed by atoms with van der Waals surface area (Å²) in [6, 6.07) is 6.28. The molecular weight excluding hydrogens is 195 g/mol. The van der Waals surface area contributed by atoms with Gasteiger partial charge in [0.1, 0.15) is 11.4 Å². The minimum Gasteiger partial charge on any atom is -0.371 e. The van der Waals surface area contributed by atoms with Crippen molar-refractivity contribution in [2.75, 3.05) is 7.11 Å². The van der Waals surface area contributed by atoms with Gasteiger partial charge >= 0.3 is 0 Å². The molecule has 0 radical (unpaired) electrons. The van der Waals surface area contributed by atoms with Gasteiger partial charge in [0, 0.05) is 13.5 Å². The number of benzene rings is 1. The van der Waals surface area contributed by atoms with Crippen LogP contribution in [-0.4, -0.2) is 18.5 Å². The first-order valence-corrected chi connectivity index (χ1v) is 4.79. The van der Waals surface area contributed by atoms with E-state index in [1.165, 1.54) is 13.2 Å². The molecule has 0 bridgehead atoms. The van der Waals surface area contributed by atoms with Crippen LogP contribution in [0.25, 0.3) is 0 Å². The number of hydrogen-bond acceptors (Lipinski definition) is 2. The number of carbonyl (C=O) groups is 1. The van der Waals surface area contributed by atoms with Gasteiger partial charge in [-0.05, 0) is 25.5 Å². The minimum absolute atomic E-state index is 0.0630. The Labute approximate surface area is 89.1 Å². The summed E-state index contributed by atoms with van der Waals surface area (Å²) in [7, 11) is 1.47. The fourth-order valence-electron chi connectivity index (χ4n) is 1.14. The second-order valence-electron chi connectivity index (χ2n) is 3.91. The van der Waals surface area contributed by atoms with Crippen molar-refractivity contribution >= 4 is 5.78 Å². The van der Waals surface area contributed by atoms with Crippen LogP contribution in [0.1, 0.15) is 19.4 Å². The molecule has 0 atom stereocenters. The lowest BCUT2D eigenvalue weighted by atomic mass is 9.96. The number of rotatable bonds is 4. The van der Waals surface area contributed by atoms with Crippen LogP contribution in [-0.2, 0) is 16.0 Å². The van der Waals surface area contributed by atoms with E-state index in [-0.39, 0.29) is 18.0 Å². The summed E-state index contributed by atoms with van der Waals surface area (Å²) < 4.78 is 18.3. The summed E-state index contributed by atoms with van der Waals surface area (Å²) in [5, 5.41) is 0. The van der Waals surface area contributed by atoms with Crippen LogP contribution in [0.5, 0.6) is 0 Å². The molecule has 3 heteroatoms. The van der Waals surface area contributed by atoms with Gasteiger partial charge in [0.25, 0.3) is 0 Å². The lowest BCUT2D eigenvalue weighted by Crippen LogP contribution is -2.35. The molecule has 0 aliphatic heterocycles. The quantitative estimate of drug-likeness (QED) is 0.762. The van der Waals surface area contributed by atoms with Crippen LogP contribution in [0.15, 0.2) is 24.3 Å². The highest BCUT2D eigenvalue weighted by Gasteiger charge is 2.27. The number of ether oxygens (including phenoxy) is 1. The normalized spacial score (nSPS) is 11.5. The Morgan fingerprint density at radius 2 is 2.00 bits per heavy atom. The molecule has 0 saturated carbocycles. The van der Waals surface area contributed by atoms with Crippen molar-refractivity contribution in [3.8, 4) is 0 Å². The molecule has 82 valence electrons. The van der Waals surface area contributed by atoms with Crippen molar-refractivity contribution in [2.45, 2.75) is 25.9 Å². The maximum absolute atomic E-state index is 13.2. The lowest BCUT2D eigenvalue weighted by Gasteiger charge is -2.21. The van der Waals surface area contributed by atoms with E-state index >= 15 is 0 Å². The fraction of sp³-hybridized carbons (Fsp3) is 0.417. The molecule has 0 spiro atoms. The van der Waals surface area contributed by atoms with Crippen molar-refractivity contribution in [2.24, 2.45) is 0 Å². The number of Topliss-reactive ketones (excluding diaryl/α,β-unsaturated/α-hetero) is 1. The summed E-state index contributed by atoms with van der Waals surface area (Å²) in [6.07, 6.45) is 0.0630. The highest BCUT2D eigenvalue weighted by Crippen LogP contribution is 2.15. The summed E-state index contributed by atoms with van der Waals surface area (Å²) in [5.41, 5.74) is -0.449. The second-order valence-corrected chi connectivity index (χ2v) is 3.91. The third kappa shape index (κ3) is 2.86. The molecule has 0 amide bonds. The smallest absolute Gasteiger partial charge is 0.168 e. The maximum Gasteiger partial charge on any atom is 0.168 e.